The van der Waals surface area contributed by atoms with Crippen molar-refractivity contribution in [2.75, 3.05) is 25.5 Å². The van der Waals surface area contributed by atoms with Gasteiger partial charge in [-0.15, -0.1) is 24.8 Å². The first-order valence-corrected chi connectivity index (χ1v) is 5.51. The molecule has 0 unspecified atom stereocenters. The Bertz CT molecular complexity index is 485. The van der Waals surface area contributed by atoms with Crippen molar-refractivity contribution in [1.29, 1.82) is 0 Å². The van der Waals surface area contributed by atoms with Crippen LogP contribution in [-0.2, 0) is 6.42 Å². The molecule has 19 heavy (non-hydrogen) atoms. The highest BCUT2D eigenvalue weighted by atomic mass is 35.5. The number of aromatic nitrogens is 2. The number of anilines is 1. The zero-order valence-electron chi connectivity index (χ0n) is 10.9. The van der Waals surface area contributed by atoms with Crippen molar-refractivity contribution in [1.82, 2.24) is 10.1 Å². The summed E-state index contributed by atoms with van der Waals surface area (Å²) in [4.78, 5) is 6.31. The van der Waals surface area contributed by atoms with Crippen molar-refractivity contribution in [3.05, 3.63) is 30.2 Å². The van der Waals surface area contributed by atoms with Crippen molar-refractivity contribution >= 4 is 30.5 Å². The van der Waals surface area contributed by atoms with Gasteiger partial charge < -0.3 is 15.2 Å². The normalized spacial score (nSPS) is 9.42. The zero-order valence-corrected chi connectivity index (χ0v) is 12.5. The summed E-state index contributed by atoms with van der Waals surface area (Å²) in [5.41, 5.74) is 7.51. The van der Waals surface area contributed by atoms with Crippen LogP contribution in [-0.4, -0.2) is 30.8 Å². The maximum Gasteiger partial charge on any atom is 0.228 e. The molecule has 0 atom stereocenters. The second kappa shape index (κ2) is 7.99. The lowest BCUT2D eigenvalue weighted by Gasteiger charge is -2.11. The Labute approximate surface area is 125 Å². The predicted molar refractivity (Wildman–Crippen MR) is 81.3 cm³/mol. The molecule has 0 bridgehead atoms. The third-order valence-electron chi connectivity index (χ3n) is 2.47. The van der Waals surface area contributed by atoms with Crippen LogP contribution in [0.15, 0.2) is 28.8 Å². The Morgan fingerprint density at radius 2 is 1.79 bits per heavy atom. The molecule has 0 fully saturated rings. The van der Waals surface area contributed by atoms with Gasteiger partial charge in [-0.3, -0.25) is 0 Å². The summed E-state index contributed by atoms with van der Waals surface area (Å²) >= 11 is 0. The molecule has 106 valence electrons. The number of benzene rings is 1. The highest BCUT2D eigenvalue weighted by molar-refractivity contribution is 5.85. The van der Waals surface area contributed by atoms with Crippen molar-refractivity contribution in [2.45, 2.75) is 6.42 Å². The van der Waals surface area contributed by atoms with E-state index in [-0.39, 0.29) is 24.8 Å². The molecule has 0 aliphatic heterocycles. The first kappa shape index (κ1) is 17.7. The van der Waals surface area contributed by atoms with Gasteiger partial charge in [-0.05, 0) is 24.3 Å². The van der Waals surface area contributed by atoms with Crippen molar-refractivity contribution in [3.8, 4) is 11.4 Å². The molecule has 2 aromatic rings. The SMILES string of the molecule is CN(C)c1ccc(-c2noc(CCN)n2)cc1.Cl.Cl. The maximum absolute atomic E-state index is 5.43. The van der Waals surface area contributed by atoms with Crippen LogP contribution < -0.4 is 10.6 Å². The Hall–Kier alpha value is -1.30. The van der Waals surface area contributed by atoms with E-state index in [0.29, 0.717) is 24.7 Å². The molecule has 1 heterocycles. The monoisotopic (exact) mass is 304 g/mol. The Kier molecular flexibility index (Phi) is 7.44. The summed E-state index contributed by atoms with van der Waals surface area (Å²) in [6.07, 6.45) is 0.614. The van der Waals surface area contributed by atoms with Crippen molar-refractivity contribution in [3.63, 3.8) is 0 Å². The fraction of sp³-hybridized carbons (Fsp3) is 0.333. The molecule has 1 aromatic carbocycles. The topological polar surface area (TPSA) is 68.2 Å². The van der Waals surface area contributed by atoms with Crippen LogP contribution in [0, 0.1) is 0 Å². The lowest BCUT2D eigenvalue weighted by Crippen LogP contribution is -2.07. The van der Waals surface area contributed by atoms with Gasteiger partial charge in [0.2, 0.25) is 11.7 Å². The van der Waals surface area contributed by atoms with E-state index in [4.69, 9.17) is 10.3 Å². The first-order valence-electron chi connectivity index (χ1n) is 5.51. The van der Waals surface area contributed by atoms with Crippen LogP contribution in [0.4, 0.5) is 5.69 Å². The highest BCUT2D eigenvalue weighted by Gasteiger charge is 2.07. The third kappa shape index (κ3) is 4.38. The van der Waals surface area contributed by atoms with Gasteiger partial charge >= 0.3 is 0 Å². The first-order chi connectivity index (χ1) is 8.20. The average Bonchev–Trinajstić information content (AvgIpc) is 2.78. The highest BCUT2D eigenvalue weighted by Crippen LogP contribution is 2.19. The minimum Gasteiger partial charge on any atom is -0.378 e. The van der Waals surface area contributed by atoms with Gasteiger partial charge in [-0.25, -0.2) is 0 Å². The summed E-state index contributed by atoms with van der Waals surface area (Å²) in [5, 5.41) is 3.92. The third-order valence-corrected chi connectivity index (χ3v) is 2.47. The van der Waals surface area contributed by atoms with Gasteiger partial charge in [0.1, 0.15) is 0 Å². The summed E-state index contributed by atoms with van der Waals surface area (Å²) in [6.45, 7) is 0.515. The molecule has 0 aliphatic carbocycles. The van der Waals surface area contributed by atoms with E-state index < -0.39 is 0 Å². The Morgan fingerprint density at radius 3 is 2.32 bits per heavy atom. The average molecular weight is 305 g/mol. The van der Waals surface area contributed by atoms with Gasteiger partial charge in [-0.2, -0.15) is 4.98 Å². The van der Waals surface area contributed by atoms with E-state index in [1.807, 2.05) is 43.3 Å². The summed E-state index contributed by atoms with van der Waals surface area (Å²) in [7, 11) is 4.01. The zero-order chi connectivity index (χ0) is 12.3. The maximum atomic E-state index is 5.43. The van der Waals surface area contributed by atoms with Crippen LogP contribution in [0.25, 0.3) is 11.4 Å². The molecule has 0 saturated carbocycles. The number of halogens is 2. The van der Waals surface area contributed by atoms with Gasteiger partial charge in [-0.1, -0.05) is 5.16 Å². The number of hydrogen-bond acceptors (Lipinski definition) is 5. The number of nitrogens with zero attached hydrogens (tertiary/aromatic N) is 3. The second-order valence-electron chi connectivity index (χ2n) is 3.99. The second-order valence-corrected chi connectivity index (χ2v) is 3.99. The van der Waals surface area contributed by atoms with Crippen LogP contribution in [0.2, 0.25) is 0 Å². The van der Waals surface area contributed by atoms with E-state index in [9.17, 15) is 0 Å². The van der Waals surface area contributed by atoms with E-state index in [1.165, 1.54) is 0 Å². The molecule has 0 saturated heterocycles. The van der Waals surface area contributed by atoms with Gasteiger partial charge in [0.15, 0.2) is 0 Å². The number of rotatable bonds is 4. The van der Waals surface area contributed by atoms with Crippen LogP contribution in [0.5, 0.6) is 0 Å². The molecule has 0 spiro atoms. The molecule has 2 rings (SSSR count). The molecule has 5 nitrogen and oxygen atoms in total. The summed E-state index contributed by atoms with van der Waals surface area (Å²) in [6, 6.07) is 8.00. The van der Waals surface area contributed by atoms with Gasteiger partial charge in [0.25, 0.3) is 0 Å². The summed E-state index contributed by atoms with van der Waals surface area (Å²) < 4.78 is 5.09. The van der Waals surface area contributed by atoms with E-state index >= 15 is 0 Å². The van der Waals surface area contributed by atoms with E-state index in [2.05, 4.69) is 10.1 Å². The lowest BCUT2D eigenvalue weighted by atomic mass is 10.2. The fourth-order valence-corrected chi connectivity index (χ4v) is 1.51. The fourth-order valence-electron chi connectivity index (χ4n) is 1.51. The molecule has 0 aliphatic rings. The van der Waals surface area contributed by atoms with Crippen LogP contribution >= 0.6 is 24.8 Å². The molecular weight excluding hydrogens is 287 g/mol. The van der Waals surface area contributed by atoms with Crippen molar-refractivity contribution < 1.29 is 4.52 Å². The molecule has 2 N–H and O–H groups in total. The Balaban J connectivity index is 0.00000162. The van der Waals surface area contributed by atoms with Gasteiger partial charge in [0, 0.05) is 38.3 Å². The van der Waals surface area contributed by atoms with Crippen LogP contribution in [0.3, 0.4) is 0 Å². The van der Waals surface area contributed by atoms with E-state index in [1.54, 1.807) is 0 Å². The molecule has 1 aromatic heterocycles. The molecule has 7 heteroatoms. The molecule has 0 radical (unpaired) electrons. The molecule has 0 amide bonds. The predicted octanol–water partition coefficient (Wildman–Crippen LogP) is 2.15. The van der Waals surface area contributed by atoms with Crippen LogP contribution in [0.1, 0.15) is 5.89 Å². The standard InChI is InChI=1S/C12H16N4O.2ClH/c1-16(2)10-5-3-9(4-6-10)12-14-11(7-8-13)17-15-12;;/h3-6H,7-8,13H2,1-2H3;2*1H. The minimum atomic E-state index is 0. The van der Waals surface area contributed by atoms with E-state index in [0.717, 1.165) is 11.3 Å². The largest absolute Gasteiger partial charge is 0.378 e. The summed E-state index contributed by atoms with van der Waals surface area (Å²) in [5.74, 6) is 1.19. The minimum absolute atomic E-state index is 0. The Morgan fingerprint density at radius 1 is 1.16 bits per heavy atom. The molecular formula is C12H18Cl2N4O. The quantitative estimate of drug-likeness (QED) is 0.937. The lowest BCUT2D eigenvalue weighted by molar-refractivity contribution is 0.380. The van der Waals surface area contributed by atoms with Crippen molar-refractivity contribution in [2.24, 2.45) is 5.73 Å². The number of hydrogen-bond donors (Lipinski definition) is 1. The smallest absolute Gasteiger partial charge is 0.228 e. The number of nitrogens with two attached hydrogens (primary N) is 1. The van der Waals surface area contributed by atoms with Gasteiger partial charge in [0.05, 0.1) is 0 Å².